The summed E-state index contributed by atoms with van der Waals surface area (Å²) in [6.45, 7) is 2.38. The van der Waals surface area contributed by atoms with Gasteiger partial charge in [-0.05, 0) is 148 Å². The lowest BCUT2D eigenvalue weighted by Crippen LogP contribution is -2.30. The topological polar surface area (TPSA) is 231 Å². The molecule has 0 aliphatic heterocycles. The van der Waals surface area contributed by atoms with Gasteiger partial charge in [-0.2, -0.15) is 0 Å². The Morgan fingerprint density at radius 1 is 0.276 bits per heavy atom. The first-order chi connectivity index (χ1) is 51.2. The Hall–Kier alpha value is -4.83. The second-order valence-electron chi connectivity index (χ2n) is 26.8. The molecule has 0 aliphatic rings. The fraction of sp³-hybridized carbons (Fsp3) is 0.667. The third-order valence-corrected chi connectivity index (χ3v) is 18.6. The molecule has 600 valence electrons. The van der Waals surface area contributed by atoms with Gasteiger partial charge in [0, 0.05) is 19.3 Å². The molecule has 0 aromatic heterocycles. The lowest BCUT2D eigenvalue weighted by Gasteiger charge is -2.21. The van der Waals surface area contributed by atoms with E-state index in [4.69, 9.17) is 32.3 Å². The van der Waals surface area contributed by atoms with Gasteiger partial charge in [0.05, 0.1) is 26.4 Å². The molecule has 18 heteroatoms. The quantitative estimate of drug-likeness (QED) is 0.0146. The third-order valence-electron chi connectivity index (χ3n) is 16.7. The van der Waals surface area contributed by atoms with E-state index in [9.17, 15) is 43.5 Å². The molecule has 0 rings (SSSR count). The largest absolute Gasteiger partial charge is 0.472 e. The Labute approximate surface area is 638 Å². The molecule has 105 heavy (non-hydrogen) atoms. The monoisotopic (exact) mass is 1510 g/mol. The summed E-state index contributed by atoms with van der Waals surface area (Å²) in [4.78, 5) is 58.7. The maximum atomic E-state index is 13.0. The van der Waals surface area contributed by atoms with Crippen molar-refractivity contribution < 1.29 is 75.8 Å². The van der Waals surface area contributed by atoms with Crippen LogP contribution in [0, 0.1) is 0 Å². The maximum Gasteiger partial charge on any atom is 0.472 e. The predicted molar refractivity (Wildman–Crippen MR) is 435 cm³/mol. The molecule has 5 atom stereocenters. The lowest BCUT2D eigenvalue weighted by molar-refractivity contribution is -0.161. The highest BCUT2D eigenvalue weighted by atomic mass is 31.2. The second-order valence-corrected chi connectivity index (χ2v) is 29.7. The first-order valence-corrected chi connectivity index (χ1v) is 43.8. The van der Waals surface area contributed by atoms with E-state index >= 15 is 0 Å². The van der Waals surface area contributed by atoms with E-state index in [-0.39, 0.29) is 19.3 Å². The Morgan fingerprint density at radius 3 is 0.800 bits per heavy atom. The first-order valence-electron chi connectivity index (χ1n) is 40.8. The van der Waals surface area contributed by atoms with Crippen molar-refractivity contribution in [3.05, 3.63) is 158 Å². The number of hydrogen-bond acceptors (Lipinski definition) is 14. The van der Waals surface area contributed by atoms with Gasteiger partial charge in [-0.3, -0.25) is 32.5 Å². The fourth-order valence-electron chi connectivity index (χ4n) is 10.6. The summed E-state index contributed by atoms with van der Waals surface area (Å²) in [5.74, 6) is -1.63. The summed E-state index contributed by atoms with van der Waals surface area (Å²) in [6, 6.07) is 0. The summed E-state index contributed by atoms with van der Waals surface area (Å²) < 4.78 is 61.2. The standard InChI is InChI=1S/C87H146O16P2/c1-4-7-10-13-16-19-22-25-28-31-33-35-36-37-38-39-40-41-42-43-44-46-48-50-52-55-58-61-64-67-70-73-85(90)97-76-82(88)77-99-104(93,94)100-78-83(89)79-101-105(95,96)102-81-84(103-87(92)75-72-69-66-63-60-57-54-49-30-27-24-21-18-15-12-9-6-3)80-98-86(91)74-71-68-65-62-59-56-53-51-47-45-34-32-29-26-23-20-17-14-11-8-5-2/h8-9,11-12,16-21,25-30,33-35,37-38,45,51,53-54,57,82-84,88-89H,4-7,10,13-15,22-24,31-32,36,39-44,46-50,52,55-56,58-81H2,1-3H3,(H,93,94)(H,95,96)/b11-8-,12-9-,19-16-,20-17-,21-18-,28-25-,29-26-,30-27-,35-33-,38-37-,45-34-,53-51-,57-54-. The number of carbonyl (C=O) groups excluding carboxylic acids is 3. The number of unbranched alkanes of at least 4 members (excludes halogenated alkanes) is 27. The van der Waals surface area contributed by atoms with Crippen molar-refractivity contribution in [2.45, 2.75) is 334 Å². The number of aliphatic hydroxyl groups is 2. The van der Waals surface area contributed by atoms with Crippen LogP contribution < -0.4 is 0 Å². The summed E-state index contributed by atoms with van der Waals surface area (Å²) in [6.07, 6.45) is 98.6. The minimum atomic E-state index is -4.95. The number of phosphoric acid groups is 2. The Balaban J connectivity index is 4.56. The maximum absolute atomic E-state index is 13.0. The van der Waals surface area contributed by atoms with Gasteiger partial charge < -0.3 is 34.2 Å². The summed E-state index contributed by atoms with van der Waals surface area (Å²) in [7, 11) is -9.81. The normalized spacial score (nSPS) is 14.8. The van der Waals surface area contributed by atoms with Crippen molar-refractivity contribution in [3.8, 4) is 0 Å². The van der Waals surface area contributed by atoms with Gasteiger partial charge in [0.2, 0.25) is 0 Å². The highest BCUT2D eigenvalue weighted by Gasteiger charge is 2.29. The second kappa shape index (κ2) is 78.7. The van der Waals surface area contributed by atoms with Crippen LogP contribution in [0.1, 0.15) is 316 Å². The molecule has 0 heterocycles. The number of ether oxygens (including phenoxy) is 3. The summed E-state index contributed by atoms with van der Waals surface area (Å²) >= 11 is 0. The number of aliphatic hydroxyl groups excluding tert-OH is 2. The fourth-order valence-corrected chi connectivity index (χ4v) is 12.2. The van der Waals surface area contributed by atoms with Gasteiger partial charge in [-0.15, -0.1) is 0 Å². The third kappa shape index (κ3) is 80.0. The van der Waals surface area contributed by atoms with Crippen molar-refractivity contribution in [1.82, 2.24) is 0 Å². The van der Waals surface area contributed by atoms with Gasteiger partial charge >= 0.3 is 33.6 Å². The van der Waals surface area contributed by atoms with E-state index in [0.717, 1.165) is 154 Å². The average molecular weight is 1510 g/mol. The van der Waals surface area contributed by atoms with Crippen LogP contribution in [-0.4, -0.2) is 95.9 Å². The van der Waals surface area contributed by atoms with Crippen molar-refractivity contribution in [2.75, 3.05) is 39.6 Å². The van der Waals surface area contributed by atoms with E-state index in [1.54, 1.807) is 0 Å². The molecule has 0 aliphatic carbocycles. The minimum absolute atomic E-state index is 0.0668. The number of esters is 3. The lowest BCUT2D eigenvalue weighted by atomic mass is 10.0. The van der Waals surface area contributed by atoms with Crippen LogP contribution in [0.25, 0.3) is 0 Å². The minimum Gasteiger partial charge on any atom is -0.463 e. The molecule has 0 bridgehead atoms. The molecule has 0 radical (unpaired) electrons. The summed E-state index contributed by atoms with van der Waals surface area (Å²) in [5.41, 5.74) is 0. The SMILES string of the molecule is CC/C=C\C/C=C\C/C=C\C/C=C\C/C=C\CCCCCCCC(=O)OCC(COP(=O)(O)OCC(O)COP(=O)(O)OCC(O)COC(=O)CCCCCCCCCCCCCCCCC/C=C\C/C=C\C/C=C\C/C=C\CCCCC)OC(=O)CCCCCC/C=C\C/C=C\C/C=C\C/C=C\CC. The van der Waals surface area contributed by atoms with Crippen LogP contribution in [0.15, 0.2) is 158 Å². The molecule has 0 aromatic carbocycles. The molecular weight excluding hydrogens is 1360 g/mol. The van der Waals surface area contributed by atoms with Crippen LogP contribution in [0.2, 0.25) is 0 Å². The van der Waals surface area contributed by atoms with E-state index in [2.05, 4.69) is 179 Å². The molecule has 0 aromatic rings. The van der Waals surface area contributed by atoms with Gasteiger partial charge in [-0.1, -0.05) is 307 Å². The first kappa shape index (κ1) is 100. The number of phosphoric ester groups is 2. The Kier molecular flexibility index (Phi) is 75.1. The zero-order valence-electron chi connectivity index (χ0n) is 65.6. The van der Waals surface area contributed by atoms with Gasteiger partial charge in [0.1, 0.15) is 25.4 Å². The van der Waals surface area contributed by atoms with Crippen molar-refractivity contribution >= 4 is 33.6 Å². The van der Waals surface area contributed by atoms with Crippen LogP contribution in [0.5, 0.6) is 0 Å². The van der Waals surface area contributed by atoms with E-state index < -0.39 is 91.5 Å². The van der Waals surface area contributed by atoms with Crippen molar-refractivity contribution in [1.29, 1.82) is 0 Å². The molecule has 4 N–H and O–H groups in total. The number of hydrogen-bond donors (Lipinski definition) is 4. The summed E-state index contributed by atoms with van der Waals surface area (Å²) in [5, 5.41) is 20.7. The number of rotatable bonds is 76. The van der Waals surface area contributed by atoms with Crippen LogP contribution in [0.3, 0.4) is 0 Å². The van der Waals surface area contributed by atoms with E-state index in [1.807, 2.05) is 0 Å². The van der Waals surface area contributed by atoms with Gasteiger partial charge in [-0.25, -0.2) is 9.13 Å². The Morgan fingerprint density at radius 2 is 0.505 bits per heavy atom. The Bertz CT molecular complexity index is 2540. The molecule has 0 amide bonds. The molecular formula is C87H146O16P2. The zero-order chi connectivity index (χ0) is 76.6. The number of carbonyl (C=O) groups is 3. The molecule has 16 nitrogen and oxygen atoms in total. The van der Waals surface area contributed by atoms with Crippen LogP contribution in [0.4, 0.5) is 0 Å². The van der Waals surface area contributed by atoms with Crippen molar-refractivity contribution in [2.24, 2.45) is 0 Å². The smallest absolute Gasteiger partial charge is 0.463 e. The number of allylic oxidation sites excluding steroid dienone is 26. The molecule has 0 saturated carbocycles. The zero-order valence-corrected chi connectivity index (χ0v) is 67.4. The van der Waals surface area contributed by atoms with Crippen LogP contribution >= 0.6 is 15.6 Å². The van der Waals surface area contributed by atoms with E-state index in [1.165, 1.54) is 103 Å². The molecule has 0 saturated heterocycles. The molecule has 5 unspecified atom stereocenters. The van der Waals surface area contributed by atoms with Crippen molar-refractivity contribution in [3.63, 3.8) is 0 Å². The predicted octanol–water partition coefficient (Wildman–Crippen LogP) is 24.2. The van der Waals surface area contributed by atoms with E-state index in [0.29, 0.717) is 19.3 Å². The van der Waals surface area contributed by atoms with Crippen LogP contribution in [-0.2, 0) is 55.8 Å². The highest BCUT2D eigenvalue weighted by Crippen LogP contribution is 2.45. The molecule has 0 spiro atoms. The van der Waals surface area contributed by atoms with Gasteiger partial charge in [0.15, 0.2) is 6.10 Å². The van der Waals surface area contributed by atoms with Gasteiger partial charge in [0.25, 0.3) is 0 Å². The highest BCUT2D eigenvalue weighted by molar-refractivity contribution is 7.47. The molecule has 0 fully saturated rings. The average Bonchev–Trinajstić information content (AvgIpc) is 0.915.